The molecule has 0 saturated carbocycles. The van der Waals surface area contributed by atoms with Gasteiger partial charge in [0, 0.05) is 27.2 Å². The standard InChI is InChI=1S/C18H30F2N2OSi/c1-7-22(3)18(21)14-12-15(17(19)20)16(11-13(14)2)23-9-8-10-24(4,5)6/h11-12,17,21H,7-10H2,1-6H3. The molecule has 1 aromatic carbocycles. The average molecular weight is 357 g/mol. The summed E-state index contributed by atoms with van der Waals surface area (Å²) in [7, 11) is 0.638. The van der Waals surface area contributed by atoms with Crippen LogP contribution >= 0.6 is 0 Å². The summed E-state index contributed by atoms with van der Waals surface area (Å²) in [6, 6.07) is 4.16. The lowest BCUT2D eigenvalue weighted by Gasteiger charge is -2.21. The summed E-state index contributed by atoms with van der Waals surface area (Å²) < 4.78 is 32.5. The maximum absolute atomic E-state index is 13.4. The first-order valence-corrected chi connectivity index (χ1v) is 12.1. The van der Waals surface area contributed by atoms with Crippen molar-refractivity contribution in [3.05, 3.63) is 28.8 Å². The molecule has 0 bridgehead atoms. The first kappa shape index (κ1) is 20.6. The Morgan fingerprint density at radius 3 is 2.42 bits per heavy atom. The van der Waals surface area contributed by atoms with Crippen molar-refractivity contribution in [2.45, 2.75) is 52.4 Å². The third kappa shape index (κ3) is 5.89. The highest BCUT2D eigenvalue weighted by Crippen LogP contribution is 2.32. The molecule has 0 atom stereocenters. The van der Waals surface area contributed by atoms with Gasteiger partial charge in [-0.05, 0) is 38.0 Å². The van der Waals surface area contributed by atoms with Crippen molar-refractivity contribution in [3.63, 3.8) is 0 Å². The second-order valence-electron chi connectivity index (χ2n) is 7.38. The number of aryl methyl sites for hydroxylation is 1. The Hall–Kier alpha value is -1.43. The van der Waals surface area contributed by atoms with E-state index in [2.05, 4.69) is 19.6 Å². The highest BCUT2D eigenvalue weighted by molar-refractivity contribution is 6.76. The predicted molar refractivity (Wildman–Crippen MR) is 99.5 cm³/mol. The quantitative estimate of drug-likeness (QED) is 0.296. The van der Waals surface area contributed by atoms with E-state index in [-0.39, 0.29) is 17.1 Å². The lowest BCUT2D eigenvalue weighted by atomic mass is 10.0. The molecule has 24 heavy (non-hydrogen) atoms. The lowest BCUT2D eigenvalue weighted by molar-refractivity contribution is 0.145. The van der Waals surface area contributed by atoms with E-state index in [0.717, 1.165) is 18.0 Å². The Morgan fingerprint density at radius 2 is 1.92 bits per heavy atom. The van der Waals surface area contributed by atoms with Crippen molar-refractivity contribution < 1.29 is 13.5 Å². The molecular formula is C18H30F2N2OSi. The zero-order chi connectivity index (χ0) is 18.5. The van der Waals surface area contributed by atoms with Crippen LogP contribution in [0.15, 0.2) is 12.1 Å². The minimum absolute atomic E-state index is 0.127. The number of hydrogen-bond donors (Lipinski definition) is 1. The Kier molecular flexibility index (Phi) is 7.39. The van der Waals surface area contributed by atoms with Crippen molar-refractivity contribution in [1.82, 2.24) is 4.90 Å². The molecule has 3 nitrogen and oxygen atoms in total. The van der Waals surface area contributed by atoms with Crippen LogP contribution in [0.5, 0.6) is 5.75 Å². The molecule has 1 N–H and O–H groups in total. The van der Waals surface area contributed by atoms with Crippen LogP contribution in [0.25, 0.3) is 0 Å². The Morgan fingerprint density at radius 1 is 1.29 bits per heavy atom. The lowest BCUT2D eigenvalue weighted by Crippen LogP contribution is -2.27. The SMILES string of the molecule is CCN(C)C(=N)c1cc(C(F)F)c(OCCC[Si](C)(C)C)cc1C. The number of hydrogen-bond acceptors (Lipinski definition) is 2. The molecule has 0 aliphatic heterocycles. The number of ether oxygens (including phenoxy) is 1. The summed E-state index contributed by atoms with van der Waals surface area (Å²) in [5, 5.41) is 8.17. The number of halogens is 2. The van der Waals surface area contributed by atoms with Crippen LogP contribution in [-0.4, -0.2) is 39.0 Å². The van der Waals surface area contributed by atoms with E-state index in [9.17, 15) is 8.78 Å². The molecule has 0 spiro atoms. The van der Waals surface area contributed by atoms with Crippen LogP contribution in [0.3, 0.4) is 0 Å². The highest BCUT2D eigenvalue weighted by Gasteiger charge is 2.20. The van der Waals surface area contributed by atoms with Crippen molar-refractivity contribution >= 4 is 13.9 Å². The van der Waals surface area contributed by atoms with Crippen LogP contribution in [0.1, 0.15) is 36.5 Å². The molecule has 0 aliphatic carbocycles. The van der Waals surface area contributed by atoms with E-state index in [1.165, 1.54) is 6.07 Å². The van der Waals surface area contributed by atoms with E-state index >= 15 is 0 Å². The summed E-state index contributed by atoms with van der Waals surface area (Å²) in [6.07, 6.45) is -1.73. The number of nitrogens with zero attached hydrogens (tertiary/aromatic N) is 1. The molecular weight excluding hydrogens is 326 g/mol. The molecule has 6 heteroatoms. The van der Waals surface area contributed by atoms with Gasteiger partial charge in [0.25, 0.3) is 6.43 Å². The molecule has 0 unspecified atom stereocenters. The van der Waals surface area contributed by atoms with Crippen LogP contribution in [0.4, 0.5) is 8.78 Å². The summed E-state index contributed by atoms with van der Waals surface area (Å²) in [6.45, 7) is 11.7. The van der Waals surface area contributed by atoms with Crippen LogP contribution in [0.2, 0.25) is 25.7 Å². The summed E-state index contributed by atoms with van der Waals surface area (Å²) in [5.41, 5.74) is 1.19. The van der Waals surface area contributed by atoms with E-state index in [4.69, 9.17) is 10.1 Å². The fourth-order valence-corrected chi connectivity index (χ4v) is 3.60. The van der Waals surface area contributed by atoms with E-state index in [1.54, 1.807) is 18.0 Å². The topological polar surface area (TPSA) is 36.3 Å². The fourth-order valence-electron chi connectivity index (χ4n) is 2.40. The van der Waals surface area contributed by atoms with Crippen molar-refractivity contribution in [3.8, 4) is 5.75 Å². The smallest absolute Gasteiger partial charge is 0.267 e. The van der Waals surface area contributed by atoms with E-state index in [1.807, 2.05) is 13.8 Å². The van der Waals surface area contributed by atoms with Crippen LogP contribution < -0.4 is 4.74 Å². The van der Waals surface area contributed by atoms with Gasteiger partial charge < -0.3 is 9.64 Å². The highest BCUT2D eigenvalue weighted by atomic mass is 28.3. The van der Waals surface area contributed by atoms with Gasteiger partial charge in [0.15, 0.2) is 0 Å². The van der Waals surface area contributed by atoms with Gasteiger partial charge in [-0.15, -0.1) is 0 Å². The van der Waals surface area contributed by atoms with Gasteiger partial charge in [-0.25, -0.2) is 8.78 Å². The number of amidine groups is 1. The fraction of sp³-hybridized carbons (Fsp3) is 0.611. The molecule has 0 heterocycles. The predicted octanol–water partition coefficient (Wildman–Crippen LogP) is 5.32. The third-order valence-electron chi connectivity index (χ3n) is 4.03. The molecule has 1 rings (SSSR count). The molecule has 0 radical (unpaired) electrons. The van der Waals surface area contributed by atoms with Crippen molar-refractivity contribution in [1.29, 1.82) is 5.41 Å². The normalized spacial score (nSPS) is 11.7. The van der Waals surface area contributed by atoms with Crippen LogP contribution in [0, 0.1) is 12.3 Å². The minimum atomic E-state index is -2.61. The summed E-state index contributed by atoms with van der Waals surface area (Å²) in [4.78, 5) is 1.73. The van der Waals surface area contributed by atoms with Gasteiger partial charge in [0.05, 0.1) is 12.2 Å². The van der Waals surface area contributed by atoms with Gasteiger partial charge in [-0.2, -0.15) is 0 Å². The second-order valence-corrected chi connectivity index (χ2v) is 13.0. The first-order valence-electron chi connectivity index (χ1n) is 8.42. The number of alkyl halides is 2. The van der Waals surface area contributed by atoms with Gasteiger partial charge in [0.2, 0.25) is 0 Å². The van der Waals surface area contributed by atoms with Crippen LogP contribution in [-0.2, 0) is 0 Å². The molecule has 0 aliphatic rings. The number of nitrogens with one attached hydrogen (secondary N) is 1. The van der Waals surface area contributed by atoms with Gasteiger partial charge in [0.1, 0.15) is 11.6 Å². The van der Waals surface area contributed by atoms with Crippen molar-refractivity contribution in [2.75, 3.05) is 20.2 Å². The molecule has 0 amide bonds. The first-order chi connectivity index (χ1) is 11.1. The zero-order valence-corrected chi connectivity index (χ0v) is 16.7. The maximum Gasteiger partial charge on any atom is 0.267 e. The molecule has 0 fully saturated rings. The molecule has 1 aromatic rings. The largest absolute Gasteiger partial charge is 0.493 e. The third-order valence-corrected chi connectivity index (χ3v) is 5.89. The number of benzene rings is 1. The Labute approximate surface area is 145 Å². The molecule has 0 aromatic heterocycles. The van der Waals surface area contributed by atoms with E-state index in [0.29, 0.717) is 18.7 Å². The zero-order valence-electron chi connectivity index (χ0n) is 15.7. The molecule has 0 saturated heterocycles. The number of rotatable bonds is 8. The molecule has 136 valence electrons. The second kappa shape index (κ2) is 8.60. The summed E-state index contributed by atoms with van der Waals surface area (Å²) in [5.74, 6) is 0.496. The maximum atomic E-state index is 13.4. The van der Waals surface area contributed by atoms with Crippen molar-refractivity contribution in [2.24, 2.45) is 0 Å². The van der Waals surface area contributed by atoms with Gasteiger partial charge >= 0.3 is 0 Å². The Bertz CT molecular complexity index is 571. The van der Waals surface area contributed by atoms with Gasteiger partial charge in [-0.3, -0.25) is 5.41 Å². The van der Waals surface area contributed by atoms with E-state index < -0.39 is 14.5 Å². The Balaban J connectivity index is 2.97. The monoisotopic (exact) mass is 356 g/mol. The summed E-state index contributed by atoms with van der Waals surface area (Å²) >= 11 is 0. The minimum Gasteiger partial charge on any atom is -0.493 e. The van der Waals surface area contributed by atoms with Gasteiger partial charge in [-0.1, -0.05) is 25.7 Å². The average Bonchev–Trinajstić information content (AvgIpc) is 2.48.